The first-order valence-corrected chi connectivity index (χ1v) is 15.3. The third kappa shape index (κ3) is 11.3. The predicted octanol–water partition coefficient (Wildman–Crippen LogP) is 12.5. The van der Waals surface area contributed by atoms with Crippen molar-refractivity contribution in [2.75, 3.05) is 0 Å². The average molecular weight is 537 g/mol. The maximum absolute atomic E-state index is 2.41. The van der Waals surface area contributed by atoms with Crippen LogP contribution in [0.1, 0.15) is 101 Å². The lowest BCUT2D eigenvalue weighted by Gasteiger charge is -2.36. The average Bonchev–Trinajstić information content (AvgIpc) is 2.85. The van der Waals surface area contributed by atoms with Crippen molar-refractivity contribution < 1.29 is 0 Å². The molecule has 0 N–H and O–H groups in total. The number of hydrogen-bond donors (Lipinski definition) is 0. The van der Waals surface area contributed by atoms with E-state index in [4.69, 9.17) is 0 Å². The Morgan fingerprint density at radius 3 is 1.77 bits per heavy atom. The van der Waals surface area contributed by atoms with Crippen molar-refractivity contribution in [1.29, 1.82) is 0 Å². The molecule has 0 amide bonds. The van der Waals surface area contributed by atoms with E-state index in [1.807, 2.05) is 0 Å². The largest absolute Gasteiger partial charge is 0.0850 e. The van der Waals surface area contributed by atoms with Crippen LogP contribution in [0.3, 0.4) is 0 Å². The monoisotopic (exact) mass is 536 g/mol. The van der Waals surface area contributed by atoms with Gasteiger partial charge >= 0.3 is 0 Å². The summed E-state index contributed by atoms with van der Waals surface area (Å²) < 4.78 is 0. The zero-order valence-corrected chi connectivity index (χ0v) is 27.3. The molecule has 216 valence electrons. The van der Waals surface area contributed by atoms with Crippen molar-refractivity contribution in [2.45, 2.75) is 101 Å². The molecular weight excluding hydrogens is 480 g/mol. The molecular formula is C40H56. The zero-order valence-electron chi connectivity index (χ0n) is 27.3. The van der Waals surface area contributed by atoms with Gasteiger partial charge < -0.3 is 0 Å². The molecule has 2 rings (SSSR count). The van der Waals surface area contributed by atoms with Gasteiger partial charge in [0.25, 0.3) is 0 Å². The zero-order chi connectivity index (χ0) is 29.8. The molecule has 0 aromatic carbocycles. The van der Waals surface area contributed by atoms with Gasteiger partial charge in [-0.15, -0.1) is 0 Å². The minimum atomic E-state index is 0.291. The van der Waals surface area contributed by atoms with Crippen molar-refractivity contribution in [2.24, 2.45) is 16.7 Å². The van der Waals surface area contributed by atoms with Gasteiger partial charge in [-0.25, -0.2) is 0 Å². The molecule has 0 nitrogen and oxygen atoms in total. The second-order valence-corrected chi connectivity index (χ2v) is 13.3. The van der Waals surface area contributed by atoms with Crippen molar-refractivity contribution in [3.8, 4) is 0 Å². The Bertz CT molecular complexity index is 1200. The molecule has 40 heavy (non-hydrogen) atoms. The van der Waals surface area contributed by atoms with Crippen LogP contribution in [-0.4, -0.2) is 0 Å². The van der Waals surface area contributed by atoms with Crippen LogP contribution in [0.15, 0.2) is 130 Å². The van der Waals surface area contributed by atoms with Gasteiger partial charge in [0.1, 0.15) is 0 Å². The smallest absolute Gasteiger partial charge is 0.00285 e. The summed E-state index contributed by atoms with van der Waals surface area (Å²) in [6.45, 7) is 22.7. The molecule has 1 atom stereocenters. The molecule has 0 heterocycles. The second-order valence-electron chi connectivity index (χ2n) is 13.3. The minimum Gasteiger partial charge on any atom is -0.0850 e. The van der Waals surface area contributed by atoms with Crippen LogP contribution in [0.2, 0.25) is 0 Å². The van der Waals surface area contributed by atoms with Gasteiger partial charge in [0.15, 0.2) is 0 Å². The van der Waals surface area contributed by atoms with Crippen molar-refractivity contribution >= 4 is 0 Å². The fourth-order valence-electron chi connectivity index (χ4n) is 5.80. The molecule has 0 radical (unpaired) electrons. The lowest BCUT2D eigenvalue weighted by molar-refractivity contribution is 0.255. The van der Waals surface area contributed by atoms with Gasteiger partial charge in [-0.2, -0.15) is 0 Å². The molecule has 0 saturated carbocycles. The highest BCUT2D eigenvalue weighted by atomic mass is 14.3. The summed E-state index contributed by atoms with van der Waals surface area (Å²) in [5.74, 6) is 0.532. The molecule has 0 spiro atoms. The molecule has 0 unspecified atom stereocenters. The molecule has 0 aromatic heterocycles. The van der Waals surface area contributed by atoms with Gasteiger partial charge in [0, 0.05) is 5.92 Å². The summed E-state index contributed by atoms with van der Waals surface area (Å²) in [5.41, 5.74) is 10.2. The van der Waals surface area contributed by atoms with Gasteiger partial charge in [-0.1, -0.05) is 152 Å². The van der Waals surface area contributed by atoms with Crippen LogP contribution in [0, 0.1) is 16.7 Å². The normalized spacial score (nSPS) is 23.6. The highest BCUT2D eigenvalue weighted by molar-refractivity contribution is 5.37. The van der Waals surface area contributed by atoms with E-state index in [9.17, 15) is 0 Å². The van der Waals surface area contributed by atoms with E-state index < -0.39 is 0 Å². The first-order valence-electron chi connectivity index (χ1n) is 15.3. The molecule has 0 aliphatic heterocycles. The van der Waals surface area contributed by atoms with E-state index in [1.165, 1.54) is 65.5 Å². The third-order valence-electron chi connectivity index (χ3n) is 8.46. The first kappa shape index (κ1) is 33.3. The highest BCUT2D eigenvalue weighted by Gasteiger charge is 2.30. The van der Waals surface area contributed by atoms with E-state index in [0.29, 0.717) is 16.7 Å². The topological polar surface area (TPSA) is 0 Å². The summed E-state index contributed by atoms with van der Waals surface area (Å²) in [6.07, 6.45) is 39.5. The van der Waals surface area contributed by atoms with Gasteiger partial charge in [-0.3, -0.25) is 0 Å². The summed E-state index contributed by atoms with van der Waals surface area (Å²) in [7, 11) is 0. The van der Waals surface area contributed by atoms with Crippen LogP contribution in [0.25, 0.3) is 0 Å². The van der Waals surface area contributed by atoms with Gasteiger partial charge in [-0.05, 0) is 90.0 Å². The number of hydrogen-bond acceptors (Lipinski definition) is 0. The van der Waals surface area contributed by atoms with Crippen LogP contribution in [0.5, 0.6) is 0 Å². The van der Waals surface area contributed by atoms with Crippen LogP contribution >= 0.6 is 0 Å². The molecule has 0 bridgehead atoms. The maximum Gasteiger partial charge on any atom is 0.00285 e. The SMILES string of the molecule is CC(C=C[C@H]1C(C)=CCCC1(C)C)=CC=CC(C)=C/C=C/C=C(C)/C=C/C=C(C)/C=C/C1=C(C)CCCC1(C)C. The quantitative estimate of drug-likeness (QED) is 0.192. The van der Waals surface area contributed by atoms with E-state index in [0.717, 1.165) is 0 Å². The summed E-state index contributed by atoms with van der Waals surface area (Å²) in [6, 6.07) is 0. The van der Waals surface area contributed by atoms with Gasteiger partial charge in [0.2, 0.25) is 0 Å². The van der Waals surface area contributed by atoms with E-state index in [2.05, 4.69) is 160 Å². The fraction of sp³-hybridized carbons (Fsp3) is 0.450. The Kier molecular flexibility index (Phi) is 13.2. The Morgan fingerprint density at radius 2 is 1.23 bits per heavy atom. The summed E-state index contributed by atoms with van der Waals surface area (Å²) >= 11 is 0. The Labute approximate surface area is 247 Å². The second kappa shape index (κ2) is 15.8. The number of allylic oxidation sites excluding steroid dienone is 22. The first-order chi connectivity index (χ1) is 18.8. The highest BCUT2D eigenvalue weighted by Crippen LogP contribution is 2.42. The van der Waals surface area contributed by atoms with E-state index >= 15 is 0 Å². The molecule has 0 fully saturated rings. The van der Waals surface area contributed by atoms with Crippen LogP contribution in [-0.2, 0) is 0 Å². The lowest BCUT2D eigenvalue weighted by Crippen LogP contribution is -2.26. The summed E-state index contributed by atoms with van der Waals surface area (Å²) in [5, 5.41) is 0. The molecule has 2 aliphatic rings. The maximum atomic E-state index is 2.41. The lowest BCUT2D eigenvalue weighted by atomic mass is 9.68. The summed E-state index contributed by atoms with van der Waals surface area (Å²) in [4.78, 5) is 0. The van der Waals surface area contributed by atoms with Gasteiger partial charge in [0.05, 0.1) is 0 Å². The molecule has 0 aromatic rings. The molecule has 0 saturated heterocycles. The Morgan fingerprint density at radius 1 is 0.700 bits per heavy atom. The van der Waals surface area contributed by atoms with Crippen LogP contribution < -0.4 is 0 Å². The number of rotatable bonds is 10. The molecule has 0 heteroatoms. The fourth-order valence-corrected chi connectivity index (χ4v) is 5.80. The minimum absolute atomic E-state index is 0.291. The third-order valence-corrected chi connectivity index (χ3v) is 8.46. The molecule has 2 aliphatic carbocycles. The van der Waals surface area contributed by atoms with Crippen molar-refractivity contribution in [1.82, 2.24) is 0 Å². The van der Waals surface area contributed by atoms with Crippen LogP contribution in [0.4, 0.5) is 0 Å². The standard InChI is InChI=1S/C40H56/c1-31(19-13-21-33(3)25-27-37-35(5)23-15-29-39(37,7)8)17-11-12-18-32(2)20-14-22-34(4)26-28-38-36(6)24-16-30-40(38,9)10/h11-14,17-23,25-28,37H,15-16,24,29-30H2,1-10H3/b12-11+,19-13?,20-14+,27-25?,28-26+,31-17?,32-18+,33-21?,34-22+/t37-/m0/s1. The van der Waals surface area contributed by atoms with Crippen molar-refractivity contribution in [3.05, 3.63) is 130 Å². The van der Waals surface area contributed by atoms with Crippen molar-refractivity contribution in [3.63, 3.8) is 0 Å². The van der Waals surface area contributed by atoms with E-state index in [-0.39, 0.29) is 0 Å². The van der Waals surface area contributed by atoms with E-state index in [1.54, 1.807) is 5.57 Å². The Hall–Kier alpha value is -2.86. The Balaban J connectivity index is 1.88. The predicted molar refractivity (Wildman–Crippen MR) is 181 cm³/mol.